The zero-order valence-electron chi connectivity index (χ0n) is 12.7. The molecule has 1 unspecified atom stereocenters. The third kappa shape index (κ3) is 3.86. The minimum atomic E-state index is -0.570. The molecule has 1 saturated heterocycles. The van der Waals surface area contributed by atoms with Crippen LogP contribution in [-0.4, -0.2) is 48.9 Å². The molecule has 23 heavy (non-hydrogen) atoms. The number of hydrogen-bond donors (Lipinski definition) is 1. The van der Waals surface area contributed by atoms with Gasteiger partial charge < -0.3 is 15.0 Å². The lowest BCUT2D eigenvalue weighted by Crippen LogP contribution is -2.45. The van der Waals surface area contributed by atoms with Crippen LogP contribution in [0, 0.1) is 11.3 Å². The highest BCUT2D eigenvalue weighted by Crippen LogP contribution is 2.18. The summed E-state index contributed by atoms with van der Waals surface area (Å²) in [5.41, 5.74) is 0.818. The summed E-state index contributed by atoms with van der Waals surface area (Å²) in [5.74, 6) is -1.16. The number of nitrogens with one attached hydrogen (secondary N) is 1. The fraction of sp³-hybridized carbons (Fsp3) is 0.375. The van der Waals surface area contributed by atoms with Crippen molar-refractivity contribution >= 4 is 17.8 Å². The first-order chi connectivity index (χ1) is 11.1. The van der Waals surface area contributed by atoms with Crippen molar-refractivity contribution in [2.24, 2.45) is 0 Å². The lowest BCUT2D eigenvalue weighted by Gasteiger charge is -2.22. The average molecular weight is 315 g/mol. The largest absolute Gasteiger partial charge is 0.467 e. The Kier molecular flexibility index (Phi) is 5.31. The maximum atomic E-state index is 12.2. The Labute approximate surface area is 133 Å². The maximum Gasteiger partial charge on any atom is 0.328 e. The molecule has 1 aromatic rings. The topological polar surface area (TPSA) is 99.5 Å². The van der Waals surface area contributed by atoms with Crippen LogP contribution >= 0.6 is 0 Å². The predicted octanol–water partition coefficient (Wildman–Crippen LogP) is 0.452. The molecule has 2 amide bonds. The Bertz CT molecular complexity index is 648. The van der Waals surface area contributed by atoms with E-state index in [1.54, 1.807) is 0 Å². The van der Waals surface area contributed by atoms with Gasteiger partial charge in [0.15, 0.2) is 0 Å². The first-order valence-corrected chi connectivity index (χ1v) is 7.22. The van der Waals surface area contributed by atoms with Crippen molar-refractivity contribution in [2.45, 2.75) is 18.9 Å². The van der Waals surface area contributed by atoms with Crippen LogP contribution < -0.4 is 5.32 Å². The number of ether oxygens (including phenoxy) is 1. The van der Waals surface area contributed by atoms with Gasteiger partial charge in [0.2, 0.25) is 5.91 Å². The van der Waals surface area contributed by atoms with Gasteiger partial charge in [-0.1, -0.05) is 0 Å². The Balaban J connectivity index is 1.91. The van der Waals surface area contributed by atoms with Crippen molar-refractivity contribution in [2.75, 3.05) is 20.2 Å². The van der Waals surface area contributed by atoms with Gasteiger partial charge in [0.05, 0.1) is 25.3 Å². The summed E-state index contributed by atoms with van der Waals surface area (Å²) >= 11 is 0. The molecule has 1 N–H and O–H groups in total. The summed E-state index contributed by atoms with van der Waals surface area (Å²) in [5, 5.41) is 11.2. The molecule has 1 fully saturated rings. The molecule has 0 saturated carbocycles. The van der Waals surface area contributed by atoms with Crippen LogP contribution in [0.2, 0.25) is 0 Å². The molecule has 120 valence electrons. The van der Waals surface area contributed by atoms with E-state index < -0.39 is 17.9 Å². The van der Waals surface area contributed by atoms with E-state index >= 15 is 0 Å². The van der Waals surface area contributed by atoms with E-state index in [9.17, 15) is 14.4 Å². The first kappa shape index (κ1) is 16.5. The van der Waals surface area contributed by atoms with E-state index in [1.807, 2.05) is 6.07 Å². The van der Waals surface area contributed by atoms with Gasteiger partial charge in [-0.25, -0.2) is 4.79 Å². The van der Waals surface area contributed by atoms with E-state index in [2.05, 4.69) is 10.1 Å². The van der Waals surface area contributed by atoms with E-state index in [-0.39, 0.29) is 12.5 Å². The fourth-order valence-electron chi connectivity index (χ4n) is 2.50. The lowest BCUT2D eigenvalue weighted by atomic mass is 10.1. The quantitative estimate of drug-likeness (QED) is 0.813. The SMILES string of the molecule is COC(=O)C1CCCN1C(=O)CNC(=O)c1ccc(C#N)cc1. The molecule has 0 aliphatic carbocycles. The van der Waals surface area contributed by atoms with Gasteiger partial charge in [-0.05, 0) is 37.1 Å². The predicted molar refractivity (Wildman–Crippen MR) is 80.2 cm³/mol. The summed E-state index contributed by atoms with van der Waals surface area (Å²) in [4.78, 5) is 37.2. The summed E-state index contributed by atoms with van der Waals surface area (Å²) < 4.78 is 4.68. The van der Waals surface area contributed by atoms with Crippen molar-refractivity contribution in [1.29, 1.82) is 5.26 Å². The van der Waals surface area contributed by atoms with E-state index in [1.165, 1.54) is 36.3 Å². The summed E-state index contributed by atoms with van der Waals surface area (Å²) in [6.07, 6.45) is 1.30. The van der Waals surface area contributed by atoms with Crippen molar-refractivity contribution in [1.82, 2.24) is 10.2 Å². The summed E-state index contributed by atoms with van der Waals surface area (Å²) in [7, 11) is 1.29. The van der Waals surface area contributed by atoms with E-state index in [0.29, 0.717) is 24.1 Å². The van der Waals surface area contributed by atoms with Crippen LogP contribution in [0.4, 0.5) is 0 Å². The standard InChI is InChI=1S/C16H17N3O4/c1-23-16(22)13-3-2-8-19(13)14(20)10-18-15(21)12-6-4-11(9-17)5-7-12/h4-7,13H,2-3,8,10H2,1H3,(H,18,21). The number of benzene rings is 1. The second-order valence-corrected chi connectivity index (χ2v) is 5.14. The van der Waals surface area contributed by atoms with Crippen molar-refractivity contribution in [3.8, 4) is 6.07 Å². The summed E-state index contributed by atoms with van der Waals surface area (Å²) in [6, 6.07) is 7.50. The number of rotatable bonds is 4. The molecule has 2 rings (SSSR count). The smallest absolute Gasteiger partial charge is 0.328 e. The number of nitrogens with zero attached hydrogens (tertiary/aromatic N) is 2. The van der Waals surface area contributed by atoms with Gasteiger partial charge in [-0.15, -0.1) is 0 Å². The van der Waals surface area contributed by atoms with Crippen LogP contribution in [0.25, 0.3) is 0 Å². The third-order valence-corrected chi connectivity index (χ3v) is 3.72. The van der Waals surface area contributed by atoms with Crippen LogP contribution in [-0.2, 0) is 14.3 Å². The number of likely N-dealkylation sites (tertiary alicyclic amines) is 1. The molecule has 0 radical (unpaired) electrons. The second kappa shape index (κ2) is 7.40. The zero-order chi connectivity index (χ0) is 16.8. The van der Waals surface area contributed by atoms with Gasteiger partial charge in [0.1, 0.15) is 6.04 Å². The number of carbonyl (C=O) groups is 3. The molecular formula is C16H17N3O4. The monoisotopic (exact) mass is 315 g/mol. The summed E-state index contributed by atoms with van der Waals surface area (Å²) in [6.45, 7) is 0.289. The molecule has 1 atom stereocenters. The molecule has 1 aliphatic rings. The van der Waals surface area contributed by atoms with Crippen molar-refractivity contribution in [3.05, 3.63) is 35.4 Å². The minimum absolute atomic E-state index is 0.188. The van der Waals surface area contributed by atoms with Crippen LogP contribution in [0.15, 0.2) is 24.3 Å². The zero-order valence-corrected chi connectivity index (χ0v) is 12.7. The normalized spacial score (nSPS) is 16.5. The Morgan fingerprint density at radius 1 is 1.35 bits per heavy atom. The molecule has 1 heterocycles. The lowest BCUT2D eigenvalue weighted by molar-refractivity contribution is -0.150. The molecule has 1 aliphatic heterocycles. The van der Waals surface area contributed by atoms with Crippen LogP contribution in [0.3, 0.4) is 0 Å². The molecule has 7 nitrogen and oxygen atoms in total. The molecule has 0 aromatic heterocycles. The Morgan fingerprint density at radius 3 is 2.65 bits per heavy atom. The highest BCUT2D eigenvalue weighted by atomic mass is 16.5. The molecule has 0 bridgehead atoms. The van der Waals surface area contributed by atoms with Gasteiger partial charge >= 0.3 is 5.97 Å². The number of carbonyl (C=O) groups excluding carboxylic acids is 3. The molecule has 1 aromatic carbocycles. The van der Waals surface area contributed by atoms with Gasteiger partial charge in [0, 0.05) is 12.1 Å². The van der Waals surface area contributed by atoms with Crippen LogP contribution in [0.5, 0.6) is 0 Å². The second-order valence-electron chi connectivity index (χ2n) is 5.14. The Hall–Kier alpha value is -2.88. The van der Waals surface area contributed by atoms with Gasteiger partial charge in [-0.3, -0.25) is 9.59 Å². The Morgan fingerprint density at radius 2 is 2.04 bits per heavy atom. The number of esters is 1. The van der Waals surface area contributed by atoms with Gasteiger partial charge in [-0.2, -0.15) is 5.26 Å². The average Bonchev–Trinajstić information content (AvgIpc) is 3.08. The first-order valence-electron chi connectivity index (χ1n) is 7.22. The molecule has 0 spiro atoms. The van der Waals surface area contributed by atoms with Crippen molar-refractivity contribution < 1.29 is 19.1 Å². The number of nitriles is 1. The number of methoxy groups -OCH3 is 1. The third-order valence-electron chi connectivity index (χ3n) is 3.72. The fourth-order valence-corrected chi connectivity index (χ4v) is 2.50. The highest BCUT2D eigenvalue weighted by molar-refractivity contribution is 5.97. The van der Waals surface area contributed by atoms with Crippen molar-refractivity contribution in [3.63, 3.8) is 0 Å². The maximum absolute atomic E-state index is 12.2. The molecule has 7 heteroatoms. The highest BCUT2D eigenvalue weighted by Gasteiger charge is 2.34. The number of hydrogen-bond acceptors (Lipinski definition) is 5. The van der Waals surface area contributed by atoms with E-state index in [4.69, 9.17) is 5.26 Å². The van der Waals surface area contributed by atoms with Crippen LogP contribution in [0.1, 0.15) is 28.8 Å². The number of amides is 2. The van der Waals surface area contributed by atoms with E-state index in [0.717, 1.165) is 6.42 Å². The molecular weight excluding hydrogens is 298 g/mol. The van der Waals surface area contributed by atoms with Gasteiger partial charge in [0.25, 0.3) is 5.91 Å². The minimum Gasteiger partial charge on any atom is -0.467 e.